The van der Waals surface area contributed by atoms with E-state index < -0.39 is 12.1 Å². The predicted octanol–water partition coefficient (Wildman–Crippen LogP) is 2.83. The average molecular weight is 524 g/mol. The number of H-pyrrole nitrogens is 1. The molecule has 0 saturated carbocycles. The highest BCUT2D eigenvalue weighted by atomic mass is 32.1. The maximum absolute atomic E-state index is 14.0. The van der Waals surface area contributed by atoms with Gasteiger partial charge in [0.15, 0.2) is 0 Å². The number of nitrogens with zero attached hydrogens (tertiary/aromatic N) is 2. The topological polar surface area (TPSA) is 116 Å². The van der Waals surface area contributed by atoms with E-state index in [1.807, 2.05) is 34.5 Å². The van der Waals surface area contributed by atoms with Gasteiger partial charge < -0.3 is 25.3 Å². The molecule has 2 saturated heterocycles. The Bertz CT molecular complexity index is 1330. The zero-order chi connectivity index (χ0) is 25.9. The highest BCUT2D eigenvalue weighted by molar-refractivity contribution is 7.10. The zero-order valence-electron chi connectivity index (χ0n) is 21.2. The second kappa shape index (κ2) is 11.1. The molecule has 2 aromatic heterocycles. The first-order chi connectivity index (χ1) is 18.0. The summed E-state index contributed by atoms with van der Waals surface area (Å²) in [5.41, 5.74) is 2.11. The number of carbonyl (C=O) groups is 2. The number of ether oxygens (including phenoxy) is 1. The minimum atomic E-state index is -0.594. The Hall–Kier alpha value is -3.08. The number of carbonyl (C=O) groups excluding carboxylic acids is 2. The summed E-state index contributed by atoms with van der Waals surface area (Å²) < 4.78 is 5.52. The molecule has 0 spiro atoms. The van der Waals surface area contributed by atoms with E-state index in [0.29, 0.717) is 19.8 Å². The van der Waals surface area contributed by atoms with Crippen molar-refractivity contribution >= 4 is 34.1 Å². The van der Waals surface area contributed by atoms with E-state index in [9.17, 15) is 14.4 Å². The van der Waals surface area contributed by atoms with Crippen molar-refractivity contribution in [1.82, 2.24) is 25.5 Å². The lowest BCUT2D eigenvalue weighted by Crippen LogP contribution is -2.56. The number of thiazole rings is 1. The Morgan fingerprint density at radius 2 is 2.00 bits per heavy atom. The van der Waals surface area contributed by atoms with Crippen molar-refractivity contribution in [3.8, 4) is 11.3 Å². The summed E-state index contributed by atoms with van der Waals surface area (Å²) in [7, 11) is 1.73. The first kappa shape index (κ1) is 25.6. The van der Waals surface area contributed by atoms with Crippen LogP contribution in [0, 0.1) is 5.92 Å². The molecule has 2 aliphatic rings. The van der Waals surface area contributed by atoms with Gasteiger partial charge >= 0.3 is 0 Å². The van der Waals surface area contributed by atoms with Crippen molar-refractivity contribution in [2.45, 2.75) is 50.7 Å². The van der Waals surface area contributed by atoms with Crippen LogP contribution < -0.4 is 16.2 Å². The molecule has 0 aliphatic carbocycles. The standard InChI is InChI=1S/C27H33N5O4S/c1-16(28-2)25(34)31-24(17-9-12-36-13-10-17)27(35)32-11-5-8-22(32)26-30-21(15-37-26)19-14-23(33)29-20-7-4-3-6-18(19)20/h3-4,6-7,14-17,22,24,28H,5,8-13H2,1-2H3,(H,29,33)(H,31,34)/t16-,22-,24-/m0/s1. The van der Waals surface area contributed by atoms with Gasteiger partial charge in [0.1, 0.15) is 11.0 Å². The predicted molar refractivity (Wildman–Crippen MR) is 143 cm³/mol. The van der Waals surface area contributed by atoms with Gasteiger partial charge in [0.2, 0.25) is 17.4 Å². The highest BCUT2D eigenvalue weighted by Crippen LogP contribution is 2.37. The van der Waals surface area contributed by atoms with Gasteiger partial charge in [0.05, 0.1) is 17.8 Å². The van der Waals surface area contributed by atoms with Crippen LogP contribution in [0.3, 0.4) is 0 Å². The molecule has 9 nitrogen and oxygen atoms in total. The fourth-order valence-electron chi connectivity index (χ4n) is 5.29. The van der Waals surface area contributed by atoms with Crippen molar-refractivity contribution in [2.75, 3.05) is 26.8 Å². The third-order valence-electron chi connectivity index (χ3n) is 7.50. The molecule has 3 aromatic rings. The quantitative estimate of drug-likeness (QED) is 0.439. The Kier molecular flexibility index (Phi) is 7.68. The van der Waals surface area contributed by atoms with E-state index in [0.717, 1.165) is 52.9 Å². The van der Waals surface area contributed by atoms with Crippen LogP contribution in [-0.2, 0) is 14.3 Å². The van der Waals surface area contributed by atoms with E-state index >= 15 is 0 Å². The van der Waals surface area contributed by atoms with E-state index in [1.165, 1.54) is 11.3 Å². The zero-order valence-corrected chi connectivity index (χ0v) is 22.0. The van der Waals surface area contributed by atoms with Crippen molar-refractivity contribution in [1.29, 1.82) is 0 Å². The van der Waals surface area contributed by atoms with E-state index in [1.54, 1.807) is 20.0 Å². The molecule has 2 aliphatic heterocycles. The Morgan fingerprint density at radius 3 is 2.78 bits per heavy atom. The summed E-state index contributed by atoms with van der Waals surface area (Å²) in [6.45, 7) is 3.60. The number of hydrogen-bond acceptors (Lipinski definition) is 7. The van der Waals surface area contributed by atoms with Crippen LogP contribution in [0.1, 0.15) is 43.7 Å². The lowest BCUT2D eigenvalue weighted by Gasteiger charge is -2.35. The van der Waals surface area contributed by atoms with Gasteiger partial charge in [-0.15, -0.1) is 11.3 Å². The van der Waals surface area contributed by atoms with Gasteiger partial charge in [-0.1, -0.05) is 18.2 Å². The summed E-state index contributed by atoms with van der Waals surface area (Å²) in [5.74, 6) is -0.199. The fraction of sp³-hybridized carbons (Fsp3) is 0.481. The van der Waals surface area contributed by atoms with Crippen LogP contribution >= 0.6 is 11.3 Å². The van der Waals surface area contributed by atoms with Gasteiger partial charge in [0, 0.05) is 47.7 Å². The lowest BCUT2D eigenvalue weighted by atomic mass is 9.90. The summed E-state index contributed by atoms with van der Waals surface area (Å²) in [4.78, 5) is 48.7. The van der Waals surface area contributed by atoms with Crippen molar-refractivity contribution in [3.05, 3.63) is 51.1 Å². The SMILES string of the molecule is CN[C@@H](C)C(=O)N[C@H](C(=O)N1CCC[C@H]1c1nc(-c2cc(=O)[nH]c3ccccc23)cs1)C1CCOCC1. The molecule has 4 heterocycles. The molecule has 5 rings (SSSR count). The molecule has 2 fully saturated rings. The largest absolute Gasteiger partial charge is 0.381 e. The average Bonchev–Trinajstić information content (AvgIpc) is 3.61. The number of likely N-dealkylation sites (N-methyl/N-ethyl adjacent to an activating group) is 1. The molecule has 196 valence electrons. The minimum Gasteiger partial charge on any atom is -0.381 e. The monoisotopic (exact) mass is 523 g/mol. The lowest BCUT2D eigenvalue weighted by molar-refractivity contribution is -0.140. The van der Waals surface area contributed by atoms with Crippen molar-refractivity contribution in [3.63, 3.8) is 0 Å². The first-order valence-corrected chi connectivity index (χ1v) is 13.8. The Labute approximate surface area is 219 Å². The summed E-state index contributed by atoms with van der Waals surface area (Å²) in [6, 6.07) is 8.12. The smallest absolute Gasteiger partial charge is 0.249 e. The number of hydrogen-bond donors (Lipinski definition) is 3. The van der Waals surface area contributed by atoms with Crippen LogP contribution in [0.4, 0.5) is 0 Å². The van der Waals surface area contributed by atoms with Crippen LogP contribution in [-0.4, -0.2) is 65.6 Å². The maximum Gasteiger partial charge on any atom is 0.249 e. The molecule has 2 amide bonds. The number of para-hydroxylation sites is 1. The number of fused-ring (bicyclic) bond motifs is 1. The number of amides is 2. The van der Waals surface area contributed by atoms with Crippen LogP contribution in [0.2, 0.25) is 0 Å². The van der Waals surface area contributed by atoms with Crippen LogP contribution in [0.15, 0.2) is 40.5 Å². The molecule has 0 radical (unpaired) electrons. The first-order valence-electron chi connectivity index (χ1n) is 12.9. The molecule has 3 N–H and O–H groups in total. The molecule has 0 bridgehead atoms. The minimum absolute atomic E-state index is 0.0322. The molecule has 3 atom stereocenters. The third-order valence-corrected chi connectivity index (χ3v) is 8.44. The molecular formula is C27H33N5O4S. The third kappa shape index (κ3) is 5.32. The Morgan fingerprint density at radius 1 is 1.22 bits per heavy atom. The number of pyridine rings is 1. The number of likely N-dealkylation sites (tertiary alicyclic amines) is 1. The fourth-order valence-corrected chi connectivity index (χ4v) is 6.25. The highest BCUT2D eigenvalue weighted by Gasteiger charge is 2.40. The van der Waals surface area contributed by atoms with Crippen molar-refractivity contribution in [2.24, 2.45) is 5.92 Å². The van der Waals surface area contributed by atoms with Crippen molar-refractivity contribution < 1.29 is 14.3 Å². The number of nitrogens with one attached hydrogen (secondary N) is 3. The van der Waals surface area contributed by atoms with Gasteiger partial charge in [-0.25, -0.2) is 4.98 Å². The van der Waals surface area contributed by atoms with E-state index in [-0.39, 0.29) is 29.3 Å². The number of aromatic nitrogens is 2. The second-order valence-corrected chi connectivity index (χ2v) is 10.7. The Balaban J connectivity index is 1.42. The number of benzene rings is 1. The summed E-state index contributed by atoms with van der Waals surface area (Å²) in [5, 5.41) is 9.74. The van der Waals surface area contributed by atoms with Gasteiger partial charge in [-0.05, 0) is 51.6 Å². The number of aromatic amines is 1. The number of rotatable bonds is 7. The second-order valence-electron chi connectivity index (χ2n) is 9.80. The normalized spacial score (nSPS) is 20.2. The summed E-state index contributed by atoms with van der Waals surface area (Å²) >= 11 is 1.51. The van der Waals surface area contributed by atoms with E-state index in [2.05, 4.69) is 15.6 Å². The molecule has 37 heavy (non-hydrogen) atoms. The molecular weight excluding hydrogens is 490 g/mol. The van der Waals surface area contributed by atoms with Gasteiger partial charge in [-0.3, -0.25) is 14.4 Å². The van der Waals surface area contributed by atoms with Crippen LogP contribution in [0.5, 0.6) is 0 Å². The summed E-state index contributed by atoms with van der Waals surface area (Å²) in [6.07, 6.45) is 3.16. The molecule has 1 aromatic carbocycles. The van der Waals surface area contributed by atoms with E-state index in [4.69, 9.17) is 9.72 Å². The molecule has 10 heteroatoms. The molecule has 0 unspecified atom stereocenters. The van der Waals surface area contributed by atoms with Gasteiger partial charge in [-0.2, -0.15) is 0 Å². The maximum atomic E-state index is 14.0. The van der Waals surface area contributed by atoms with Gasteiger partial charge in [0.25, 0.3) is 0 Å². The van der Waals surface area contributed by atoms with Crippen LogP contribution in [0.25, 0.3) is 22.2 Å².